The first-order valence-electron chi connectivity index (χ1n) is 5.70. The van der Waals surface area contributed by atoms with E-state index >= 15 is 0 Å². The maximum atomic E-state index is 9.82. The molecule has 0 aliphatic rings. The Balaban J connectivity index is 0. The molecule has 2 N–H and O–H groups in total. The van der Waals surface area contributed by atoms with Crippen LogP contribution in [0.5, 0.6) is 0 Å². The van der Waals surface area contributed by atoms with Gasteiger partial charge in [0.05, 0.1) is 0 Å². The Hall–Kier alpha value is -0.693. The fourth-order valence-electron chi connectivity index (χ4n) is 0.912. The Morgan fingerprint density at radius 2 is 1.35 bits per heavy atom. The molecular weight excluding hydrogens is 238 g/mol. The van der Waals surface area contributed by atoms with Crippen molar-refractivity contribution in [1.82, 2.24) is 0 Å². The van der Waals surface area contributed by atoms with Crippen LogP contribution in [0.1, 0.15) is 27.7 Å². The van der Waals surface area contributed by atoms with Gasteiger partial charge in [0.15, 0.2) is 0 Å². The fourth-order valence-corrected chi connectivity index (χ4v) is 2.73. The van der Waals surface area contributed by atoms with Crippen LogP contribution in [0.25, 0.3) is 0 Å². The molecule has 0 unspecified atom stereocenters. The van der Waals surface area contributed by atoms with E-state index in [1.54, 1.807) is 6.92 Å². The second kappa shape index (κ2) is 10.5. The third-order valence-electron chi connectivity index (χ3n) is 1.64. The smallest absolute Gasteiger partial charge is 0.374 e. The first-order valence-corrected chi connectivity index (χ1v) is 7.92. The number of primary amides is 1. The van der Waals surface area contributed by atoms with E-state index in [4.69, 9.17) is 19.0 Å². The van der Waals surface area contributed by atoms with Crippen molar-refractivity contribution in [3.05, 3.63) is 12.2 Å². The minimum absolute atomic E-state index is 0.398. The van der Waals surface area contributed by atoms with Crippen LogP contribution >= 0.6 is 0 Å². The van der Waals surface area contributed by atoms with E-state index in [0.29, 0.717) is 25.4 Å². The highest BCUT2D eigenvalue weighted by Gasteiger charge is 2.32. The second-order valence-electron chi connectivity index (χ2n) is 3.31. The van der Waals surface area contributed by atoms with Gasteiger partial charge in [0.1, 0.15) is 0 Å². The molecule has 17 heavy (non-hydrogen) atoms. The zero-order valence-corrected chi connectivity index (χ0v) is 12.5. The monoisotopic (exact) mass is 263 g/mol. The van der Waals surface area contributed by atoms with Gasteiger partial charge in [-0.15, -0.1) is 0 Å². The van der Waals surface area contributed by atoms with Gasteiger partial charge in [0, 0.05) is 31.9 Å². The summed E-state index contributed by atoms with van der Waals surface area (Å²) >= 11 is 0. The highest BCUT2D eigenvalue weighted by Crippen LogP contribution is 2.08. The summed E-state index contributed by atoms with van der Waals surface area (Å²) in [4.78, 5) is 9.82. The van der Waals surface area contributed by atoms with Crippen LogP contribution in [0.15, 0.2) is 12.2 Å². The van der Waals surface area contributed by atoms with Gasteiger partial charge < -0.3 is 19.0 Å². The SMILES string of the molecule is C=C(C)C(N)=O.CCO[Si](C)(OCC)OCC. The van der Waals surface area contributed by atoms with E-state index in [1.807, 2.05) is 27.3 Å². The Kier molecular flexibility index (Phi) is 11.5. The Morgan fingerprint density at radius 3 is 1.47 bits per heavy atom. The number of nitrogens with two attached hydrogens (primary N) is 1. The number of carbonyl (C=O) groups is 1. The van der Waals surface area contributed by atoms with Gasteiger partial charge in [-0.25, -0.2) is 0 Å². The van der Waals surface area contributed by atoms with Crippen LogP contribution in [0.3, 0.4) is 0 Å². The molecule has 0 aliphatic heterocycles. The van der Waals surface area contributed by atoms with Crippen LogP contribution < -0.4 is 5.73 Å². The molecule has 0 aromatic rings. The van der Waals surface area contributed by atoms with Crippen molar-refractivity contribution in [1.29, 1.82) is 0 Å². The molecule has 0 aromatic carbocycles. The first-order chi connectivity index (χ1) is 7.82. The fraction of sp³-hybridized carbons (Fsp3) is 0.727. The number of hydrogen-bond donors (Lipinski definition) is 1. The van der Waals surface area contributed by atoms with Crippen LogP contribution in [-0.4, -0.2) is 34.5 Å². The second-order valence-corrected chi connectivity index (χ2v) is 5.90. The summed E-state index contributed by atoms with van der Waals surface area (Å²) in [7, 11) is -2.25. The molecule has 1 amide bonds. The Labute approximate surface area is 105 Å². The lowest BCUT2D eigenvalue weighted by molar-refractivity contribution is -0.114. The maximum Gasteiger partial charge on any atom is 0.497 e. The summed E-state index contributed by atoms with van der Waals surface area (Å²) < 4.78 is 16.2. The zero-order chi connectivity index (χ0) is 13.9. The molecule has 0 fully saturated rings. The third-order valence-corrected chi connectivity index (χ3v) is 4.08. The molecular formula is C11H25NO4Si. The van der Waals surface area contributed by atoms with Gasteiger partial charge in [-0.1, -0.05) is 6.58 Å². The van der Waals surface area contributed by atoms with E-state index in [0.717, 1.165) is 0 Å². The van der Waals surface area contributed by atoms with Crippen molar-refractivity contribution in [3.63, 3.8) is 0 Å². The lowest BCUT2D eigenvalue weighted by Crippen LogP contribution is -2.42. The van der Waals surface area contributed by atoms with Crippen molar-refractivity contribution in [2.75, 3.05) is 19.8 Å². The number of carbonyl (C=O) groups excluding carboxylic acids is 1. The molecule has 0 rings (SSSR count). The van der Waals surface area contributed by atoms with E-state index in [2.05, 4.69) is 6.58 Å². The van der Waals surface area contributed by atoms with E-state index in [9.17, 15) is 4.79 Å². The lowest BCUT2D eigenvalue weighted by Gasteiger charge is -2.23. The molecule has 102 valence electrons. The summed E-state index contributed by atoms with van der Waals surface area (Å²) in [5.41, 5.74) is 5.09. The molecule has 5 nitrogen and oxygen atoms in total. The summed E-state index contributed by atoms with van der Waals surface area (Å²) in [6, 6.07) is 0. The molecule has 0 bridgehead atoms. The molecule has 0 heterocycles. The van der Waals surface area contributed by atoms with Crippen LogP contribution in [0, 0.1) is 0 Å². The summed E-state index contributed by atoms with van der Waals surface area (Å²) in [5, 5.41) is 0. The predicted octanol–water partition coefficient (Wildman–Crippen LogP) is 1.71. The summed E-state index contributed by atoms with van der Waals surface area (Å²) in [6.45, 7) is 14.6. The van der Waals surface area contributed by atoms with Crippen molar-refractivity contribution < 1.29 is 18.1 Å². The van der Waals surface area contributed by atoms with Crippen molar-refractivity contribution in [2.45, 2.75) is 34.2 Å². The van der Waals surface area contributed by atoms with Gasteiger partial charge in [-0.2, -0.15) is 0 Å². The average Bonchev–Trinajstić information content (AvgIpc) is 2.19. The highest BCUT2D eigenvalue weighted by atomic mass is 28.4. The number of hydrogen-bond acceptors (Lipinski definition) is 4. The van der Waals surface area contributed by atoms with Gasteiger partial charge in [-0.05, 0) is 27.7 Å². The normalized spacial score (nSPS) is 10.4. The molecule has 0 saturated heterocycles. The molecule has 0 atom stereocenters. The predicted molar refractivity (Wildman–Crippen MR) is 70.5 cm³/mol. The lowest BCUT2D eigenvalue weighted by atomic mass is 10.3. The number of amides is 1. The topological polar surface area (TPSA) is 70.8 Å². The molecule has 0 spiro atoms. The van der Waals surface area contributed by atoms with Crippen molar-refractivity contribution in [2.24, 2.45) is 5.73 Å². The van der Waals surface area contributed by atoms with E-state index in [1.165, 1.54) is 0 Å². The Morgan fingerprint density at radius 1 is 1.12 bits per heavy atom. The van der Waals surface area contributed by atoms with E-state index < -0.39 is 14.7 Å². The third kappa shape index (κ3) is 11.6. The van der Waals surface area contributed by atoms with Crippen molar-refractivity contribution in [3.8, 4) is 0 Å². The number of rotatable bonds is 7. The van der Waals surface area contributed by atoms with Gasteiger partial charge >= 0.3 is 8.80 Å². The standard InChI is InChI=1S/C7H18O3Si.C4H7NO/c1-5-8-11(4,9-6-2)10-7-3;1-3(2)4(5)6/h5-7H2,1-4H3;1H2,2H3,(H2,5,6). The molecule has 6 heteroatoms. The van der Waals surface area contributed by atoms with Crippen LogP contribution in [0.2, 0.25) is 6.55 Å². The van der Waals surface area contributed by atoms with Gasteiger partial charge in [-0.3, -0.25) is 4.79 Å². The minimum atomic E-state index is -2.25. The minimum Gasteiger partial charge on any atom is -0.374 e. The van der Waals surface area contributed by atoms with Crippen molar-refractivity contribution >= 4 is 14.7 Å². The highest BCUT2D eigenvalue weighted by molar-refractivity contribution is 6.59. The Bertz CT molecular complexity index is 204. The summed E-state index contributed by atoms with van der Waals surface area (Å²) in [5.74, 6) is -0.435. The van der Waals surface area contributed by atoms with Crippen LogP contribution in [-0.2, 0) is 18.1 Å². The molecule has 0 saturated carbocycles. The molecule has 0 aromatic heterocycles. The average molecular weight is 263 g/mol. The van der Waals surface area contributed by atoms with E-state index in [-0.39, 0.29) is 0 Å². The molecule has 0 radical (unpaired) electrons. The maximum absolute atomic E-state index is 9.82. The first kappa shape index (κ1) is 18.7. The van der Waals surface area contributed by atoms with Gasteiger partial charge in [0.25, 0.3) is 0 Å². The summed E-state index contributed by atoms with van der Waals surface area (Å²) in [6.07, 6.45) is 0. The quantitative estimate of drug-likeness (QED) is 0.561. The zero-order valence-electron chi connectivity index (χ0n) is 11.5. The largest absolute Gasteiger partial charge is 0.497 e. The van der Waals surface area contributed by atoms with Crippen LogP contribution in [0.4, 0.5) is 0 Å². The van der Waals surface area contributed by atoms with Gasteiger partial charge in [0.2, 0.25) is 5.91 Å². The molecule has 0 aliphatic carbocycles.